The number of nitrogens with two attached hydrogens (primary N) is 1. The molecule has 1 fully saturated rings. The lowest BCUT2D eigenvalue weighted by Gasteiger charge is -2.23. The number of phosphoric ester groups is 1. The van der Waals surface area contributed by atoms with Crippen molar-refractivity contribution in [2.45, 2.75) is 30.6 Å². The van der Waals surface area contributed by atoms with Crippen molar-refractivity contribution < 1.29 is 51.2 Å². The first-order chi connectivity index (χ1) is 13.8. The summed E-state index contributed by atoms with van der Waals surface area (Å²) in [5.74, 6) is 0.174. The van der Waals surface area contributed by atoms with Crippen molar-refractivity contribution in [3.05, 3.63) is 12.7 Å². The molecule has 0 aliphatic carbocycles. The summed E-state index contributed by atoms with van der Waals surface area (Å²) in [6, 6.07) is 0. The Balaban J connectivity index is 1.64. The molecule has 6 N–H and O–H groups in total. The molecular formula is C10H16N5O11P3S. The first-order valence-corrected chi connectivity index (χ1v) is 12.9. The molecule has 0 aromatic carbocycles. The summed E-state index contributed by atoms with van der Waals surface area (Å²) in [7, 11) is -16.4. The summed E-state index contributed by atoms with van der Waals surface area (Å²) >= 11 is 3.99. The standard InChI is InChI=1S/C10H16N5O11P3S/c11-8-7-9(13-3-12-8)15(4-14-7)6-2-1-5(23-6)10(30)24-28(19,20)26-29(21,22)25-27(16,17)18/h3-6,10,30H,1-2H2,(H,19,20)(H,21,22)(H2,11,12,13)(H2,16,17,18)/t5-,6+,10-/m0/s1. The minimum atomic E-state index is -5.62. The van der Waals surface area contributed by atoms with Crippen molar-refractivity contribution in [3.8, 4) is 0 Å². The average molecular weight is 507 g/mol. The summed E-state index contributed by atoms with van der Waals surface area (Å²) in [6.45, 7) is 0. The van der Waals surface area contributed by atoms with E-state index in [1.807, 2.05) is 0 Å². The lowest BCUT2D eigenvalue weighted by atomic mass is 10.2. The summed E-state index contributed by atoms with van der Waals surface area (Å²) in [5, 5.41) is 0. The van der Waals surface area contributed by atoms with Crippen LogP contribution in [-0.4, -0.2) is 50.6 Å². The highest BCUT2D eigenvalue weighted by molar-refractivity contribution is 7.81. The predicted molar refractivity (Wildman–Crippen MR) is 101 cm³/mol. The van der Waals surface area contributed by atoms with Gasteiger partial charge in [-0.2, -0.15) is 8.62 Å². The molecule has 16 nitrogen and oxygen atoms in total. The van der Waals surface area contributed by atoms with Crippen LogP contribution < -0.4 is 5.73 Å². The van der Waals surface area contributed by atoms with Crippen LogP contribution in [0, 0.1) is 0 Å². The Morgan fingerprint density at radius 2 is 1.83 bits per heavy atom. The second kappa shape index (κ2) is 8.54. The highest BCUT2D eigenvalue weighted by Crippen LogP contribution is 2.66. The number of phosphoric acid groups is 3. The fourth-order valence-electron chi connectivity index (χ4n) is 2.64. The van der Waals surface area contributed by atoms with Gasteiger partial charge in [0.2, 0.25) is 0 Å². The molecule has 20 heteroatoms. The number of anilines is 1. The first kappa shape index (κ1) is 23.7. The third-order valence-corrected chi connectivity index (χ3v) is 8.13. The van der Waals surface area contributed by atoms with E-state index in [2.05, 4.69) is 40.7 Å². The van der Waals surface area contributed by atoms with Crippen LogP contribution in [0.25, 0.3) is 11.2 Å². The zero-order valence-corrected chi connectivity index (χ0v) is 18.2. The van der Waals surface area contributed by atoms with Crippen molar-refractivity contribution in [1.82, 2.24) is 19.5 Å². The van der Waals surface area contributed by atoms with Crippen LogP contribution in [-0.2, 0) is 31.6 Å². The van der Waals surface area contributed by atoms with Gasteiger partial charge in [-0.1, -0.05) is 0 Å². The minimum absolute atomic E-state index is 0.174. The van der Waals surface area contributed by atoms with Crippen LogP contribution in [0.2, 0.25) is 0 Å². The smallest absolute Gasteiger partial charge is 0.382 e. The normalized spacial score (nSPS) is 25.1. The quantitative estimate of drug-likeness (QED) is 0.164. The van der Waals surface area contributed by atoms with E-state index in [4.69, 9.17) is 20.3 Å². The van der Waals surface area contributed by atoms with E-state index >= 15 is 0 Å². The second-order valence-corrected chi connectivity index (χ2v) is 10.8. The molecule has 1 aliphatic rings. The Kier molecular flexibility index (Phi) is 6.76. The lowest BCUT2D eigenvalue weighted by molar-refractivity contribution is -0.0297. The molecule has 3 rings (SSSR count). The fourth-order valence-corrected chi connectivity index (χ4v) is 6.29. The number of nitrogens with zero attached hydrogens (tertiary/aromatic N) is 4. The van der Waals surface area contributed by atoms with Crippen LogP contribution in [0.1, 0.15) is 19.1 Å². The maximum atomic E-state index is 11.9. The number of hydrogen-bond donors (Lipinski definition) is 6. The Morgan fingerprint density at radius 3 is 2.50 bits per heavy atom. The Morgan fingerprint density at radius 1 is 1.13 bits per heavy atom. The Hall–Kier alpha value is -0.930. The highest BCUT2D eigenvalue weighted by Gasteiger charge is 2.43. The number of nitrogen functional groups attached to an aromatic ring is 1. The molecule has 168 valence electrons. The molecule has 2 unspecified atom stereocenters. The molecule has 0 bridgehead atoms. The molecule has 0 saturated carbocycles. The zero-order chi connectivity index (χ0) is 22.3. The Labute approximate surface area is 173 Å². The van der Waals surface area contributed by atoms with Gasteiger partial charge in [-0.25, -0.2) is 28.6 Å². The number of ether oxygens (including phenoxy) is 1. The lowest BCUT2D eigenvalue weighted by Crippen LogP contribution is -2.23. The van der Waals surface area contributed by atoms with Gasteiger partial charge in [0.25, 0.3) is 0 Å². The van der Waals surface area contributed by atoms with Crippen LogP contribution in [0.4, 0.5) is 5.82 Å². The average Bonchev–Trinajstić information content (AvgIpc) is 3.17. The molecule has 0 spiro atoms. The van der Waals surface area contributed by atoms with E-state index in [-0.39, 0.29) is 12.2 Å². The van der Waals surface area contributed by atoms with Gasteiger partial charge >= 0.3 is 23.5 Å². The third kappa shape index (κ3) is 5.85. The zero-order valence-electron chi connectivity index (χ0n) is 14.6. The molecule has 5 atom stereocenters. The predicted octanol–water partition coefficient (Wildman–Crippen LogP) is 0.685. The number of hydrogen-bond acceptors (Lipinski definition) is 12. The van der Waals surface area contributed by atoms with E-state index in [9.17, 15) is 23.5 Å². The van der Waals surface area contributed by atoms with Gasteiger partial charge in [0.1, 0.15) is 23.5 Å². The number of fused-ring (bicyclic) bond motifs is 1. The third-order valence-electron chi connectivity index (χ3n) is 3.70. The Bertz CT molecular complexity index is 1080. The molecule has 1 saturated heterocycles. The van der Waals surface area contributed by atoms with Crippen LogP contribution in [0.3, 0.4) is 0 Å². The van der Waals surface area contributed by atoms with Crippen molar-refractivity contribution in [2.24, 2.45) is 0 Å². The maximum absolute atomic E-state index is 11.9. The monoisotopic (exact) mass is 507 g/mol. The second-order valence-electron chi connectivity index (χ2n) is 5.88. The molecule has 2 aromatic rings. The SMILES string of the molecule is Nc1ncnc2c1ncn2[C@H]1CC[C@@H]([C@H](S)OP(=O)(O)OP(=O)(O)OP(=O)(O)O)O1. The highest BCUT2D eigenvalue weighted by atomic mass is 32.1. The molecular weight excluding hydrogens is 491 g/mol. The molecule has 1 aliphatic heterocycles. The van der Waals surface area contributed by atoms with Crippen LogP contribution in [0.15, 0.2) is 12.7 Å². The van der Waals surface area contributed by atoms with E-state index in [0.717, 1.165) is 0 Å². The van der Waals surface area contributed by atoms with Crippen LogP contribution >= 0.6 is 36.1 Å². The number of thiol groups is 1. The summed E-state index contributed by atoms with van der Waals surface area (Å²) < 4.78 is 53.1. The van der Waals surface area contributed by atoms with Gasteiger partial charge in [-0.05, 0) is 12.8 Å². The molecule has 3 heterocycles. The van der Waals surface area contributed by atoms with Crippen molar-refractivity contribution >= 4 is 53.1 Å². The summed E-state index contributed by atoms with van der Waals surface area (Å²) in [6.07, 6.45) is 1.89. The fraction of sp³-hybridized carbons (Fsp3) is 0.500. The van der Waals surface area contributed by atoms with Crippen LogP contribution in [0.5, 0.6) is 0 Å². The van der Waals surface area contributed by atoms with Crippen molar-refractivity contribution in [1.29, 1.82) is 0 Å². The van der Waals surface area contributed by atoms with E-state index in [1.165, 1.54) is 12.7 Å². The number of aromatic nitrogens is 4. The van der Waals surface area contributed by atoms with Crippen molar-refractivity contribution in [2.75, 3.05) is 5.73 Å². The number of rotatable bonds is 8. The van der Waals surface area contributed by atoms with Gasteiger partial charge in [-0.3, -0.25) is 9.09 Å². The molecule has 30 heavy (non-hydrogen) atoms. The van der Waals surface area contributed by atoms with Crippen molar-refractivity contribution in [3.63, 3.8) is 0 Å². The van der Waals surface area contributed by atoms with E-state index < -0.39 is 41.2 Å². The summed E-state index contributed by atoms with van der Waals surface area (Å²) in [5.41, 5.74) is 5.07. The van der Waals surface area contributed by atoms with E-state index in [1.54, 1.807) is 4.57 Å². The molecule has 0 radical (unpaired) electrons. The molecule has 0 amide bonds. The minimum Gasteiger partial charge on any atom is -0.382 e. The van der Waals surface area contributed by atoms with Gasteiger partial charge in [-0.15, -0.1) is 12.6 Å². The first-order valence-electron chi connectivity index (χ1n) is 7.85. The topological polar surface area (TPSA) is 239 Å². The van der Waals surface area contributed by atoms with Gasteiger partial charge < -0.3 is 30.0 Å². The van der Waals surface area contributed by atoms with Gasteiger partial charge in [0, 0.05) is 0 Å². The van der Waals surface area contributed by atoms with Gasteiger partial charge in [0.05, 0.1) is 12.4 Å². The largest absolute Gasteiger partial charge is 0.490 e. The summed E-state index contributed by atoms with van der Waals surface area (Å²) in [4.78, 5) is 47.8. The molecule has 2 aromatic heterocycles. The van der Waals surface area contributed by atoms with Gasteiger partial charge in [0.15, 0.2) is 11.5 Å². The van der Waals surface area contributed by atoms with E-state index in [0.29, 0.717) is 17.6 Å². The number of imidazole rings is 1. The maximum Gasteiger partial charge on any atom is 0.490 e.